The number of aromatic nitrogens is 1. The predicted octanol–water partition coefficient (Wildman–Crippen LogP) is 2.69. The minimum atomic E-state index is -0.0628. The summed E-state index contributed by atoms with van der Waals surface area (Å²) in [5, 5.41) is 3.89. The third kappa shape index (κ3) is 3.76. The smallest absolute Gasteiger partial charge is 0.225 e. The fourth-order valence-corrected chi connectivity index (χ4v) is 2.08. The number of hydrogen-bond donors (Lipinski definition) is 2. The molecule has 1 heterocycles. The summed E-state index contributed by atoms with van der Waals surface area (Å²) in [6, 6.07) is 9.47. The van der Waals surface area contributed by atoms with Gasteiger partial charge >= 0.3 is 0 Å². The summed E-state index contributed by atoms with van der Waals surface area (Å²) in [6.45, 7) is 2.06. The second kappa shape index (κ2) is 6.29. The first-order valence-corrected chi connectivity index (χ1v) is 6.59. The lowest BCUT2D eigenvalue weighted by Gasteiger charge is -2.10. The molecule has 4 heteroatoms. The van der Waals surface area contributed by atoms with E-state index in [0.717, 1.165) is 29.4 Å². The fourth-order valence-electron chi connectivity index (χ4n) is 2.08. The summed E-state index contributed by atoms with van der Waals surface area (Å²) < 4.78 is 0. The Kier molecular flexibility index (Phi) is 4.47. The van der Waals surface area contributed by atoms with Crippen molar-refractivity contribution in [2.75, 3.05) is 5.32 Å². The number of benzene rings is 1. The van der Waals surface area contributed by atoms with E-state index in [-0.39, 0.29) is 11.9 Å². The van der Waals surface area contributed by atoms with Crippen molar-refractivity contribution in [2.45, 2.75) is 32.2 Å². The molecule has 19 heavy (non-hydrogen) atoms. The van der Waals surface area contributed by atoms with Gasteiger partial charge in [0.05, 0.1) is 5.52 Å². The van der Waals surface area contributed by atoms with E-state index in [1.807, 2.05) is 30.3 Å². The van der Waals surface area contributed by atoms with Crippen molar-refractivity contribution in [2.24, 2.45) is 5.73 Å². The standard InChI is InChI=1S/C15H19N3O/c1-2-4-12(16)10-15(19)18-13-6-7-14-11(9-13)5-3-8-17-14/h3,5-9,12H,2,4,10,16H2,1H3,(H,18,19). The van der Waals surface area contributed by atoms with Gasteiger partial charge in [-0.2, -0.15) is 0 Å². The minimum Gasteiger partial charge on any atom is -0.327 e. The molecule has 3 N–H and O–H groups in total. The van der Waals surface area contributed by atoms with E-state index in [2.05, 4.69) is 17.2 Å². The Hall–Kier alpha value is -1.94. The van der Waals surface area contributed by atoms with E-state index < -0.39 is 0 Å². The molecule has 0 aliphatic rings. The molecule has 1 atom stereocenters. The number of fused-ring (bicyclic) bond motifs is 1. The summed E-state index contributed by atoms with van der Waals surface area (Å²) in [5.74, 6) is -0.0378. The highest BCUT2D eigenvalue weighted by atomic mass is 16.1. The highest BCUT2D eigenvalue weighted by Gasteiger charge is 2.09. The Morgan fingerprint density at radius 1 is 1.42 bits per heavy atom. The number of nitrogens with two attached hydrogens (primary N) is 1. The molecule has 1 unspecified atom stereocenters. The second-order valence-electron chi connectivity index (χ2n) is 4.71. The van der Waals surface area contributed by atoms with Crippen molar-refractivity contribution in [1.82, 2.24) is 4.98 Å². The molecule has 1 aromatic carbocycles. The summed E-state index contributed by atoms with van der Waals surface area (Å²) in [7, 11) is 0. The first kappa shape index (κ1) is 13.5. The number of rotatable bonds is 5. The highest BCUT2D eigenvalue weighted by molar-refractivity contribution is 5.93. The second-order valence-corrected chi connectivity index (χ2v) is 4.71. The van der Waals surface area contributed by atoms with Crippen LogP contribution in [-0.2, 0) is 4.79 Å². The lowest BCUT2D eigenvalue weighted by molar-refractivity contribution is -0.116. The van der Waals surface area contributed by atoms with Crippen LogP contribution >= 0.6 is 0 Å². The van der Waals surface area contributed by atoms with Gasteiger partial charge in [-0.3, -0.25) is 9.78 Å². The molecule has 0 spiro atoms. The van der Waals surface area contributed by atoms with Gasteiger partial charge in [-0.1, -0.05) is 19.4 Å². The molecule has 0 saturated carbocycles. The molecule has 2 aromatic rings. The minimum absolute atomic E-state index is 0.0378. The average Bonchev–Trinajstić information content (AvgIpc) is 2.38. The Bertz CT molecular complexity index is 568. The third-order valence-electron chi connectivity index (χ3n) is 2.99. The van der Waals surface area contributed by atoms with Crippen LogP contribution in [0.15, 0.2) is 36.5 Å². The number of nitrogens with zero attached hydrogens (tertiary/aromatic N) is 1. The zero-order chi connectivity index (χ0) is 13.7. The van der Waals surface area contributed by atoms with Gasteiger partial charge in [0.25, 0.3) is 0 Å². The molecule has 1 amide bonds. The van der Waals surface area contributed by atoms with Crippen molar-refractivity contribution < 1.29 is 4.79 Å². The molecule has 0 aliphatic heterocycles. The maximum atomic E-state index is 11.8. The van der Waals surface area contributed by atoms with Gasteiger partial charge in [-0.25, -0.2) is 0 Å². The van der Waals surface area contributed by atoms with E-state index in [0.29, 0.717) is 6.42 Å². The van der Waals surface area contributed by atoms with E-state index in [1.165, 1.54) is 0 Å². The summed E-state index contributed by atoms with van der Waals surface area (Å²) in [6.07, 6.45) is 3.98. The van der Waals surface area contributed by atoms with Gasteiger partial charge in [0.2, 0.25) is 5.91 Å². The highest BCUT2D eigenvalue weighted by Crippen LogP contribution is 2.17. The normalized spacial score (nSPS) is 12.3. The van der Waals surface area contributed by atoms with Gasteiger partial charge in [-0.15, -0.1) is 0 Å². The van der Waals surface area contributed by atoms with Gasteiger partial charge < -0.3 is 11.1 Å². The number of carbonyl (C=O) groups excluding carboxylic acids is 1. The summed E-state index contributed by atoms with van der Waals surface area (Å²) in [4.78, 5) is 16.1. The van der Waals surface area contributed by atoms with Gasteiger partial charge in [0.1, 0.15) is 0 Å². The number of hydrogen-bond acceptors (Lipinski definition) is 3. The summed E-state index contributed by atoms with van der Waals surface area (Å²) >= 11 is 0. The first-order chi connectivity index (χ1) is 9.19. The maximum Gasteiger partial charge on any atom is 0.225 e. The van der Waals surface area contributed by atoms with E-state index in [9.17, 15) is 4.79 Å². The molecule has 1 aromatic heterocycles. The monoisotopic (exact) mass is 257 g/mol. The maximum absolute atomic E-state index is 11.8. The van der Waals surface area contributed by atoms with Crippen LogP contribution in [0.25, 0.3) is 10.9 Å². The third-order valence-corrected chi connectivity index (χ3v) is 2.99. The molecule has 2 rings (SSSR count). The number of amides is 1. The van der Waals surface area contributed by atoms with Crippen molar-refractivity contribution in [3.8, 4) is 0 Å². The number of nitrogens with one attached hydrogen (secondary N) is 1. The molecule has 0 saturated heterocycles. The van der Waals surface area contributed by atoms with Gasteiger partial charge in [0.15, 0.2) is 0 Å². The largest absolute Gasteiger partial charge is 0.327 e. The molecule has 100 valence electrons. The molecule has 0 radical (unpaired) electrons. The Morgan fingerprint density at radius 3 is 3.05 bits per heavy atom. The molecule has 0 bridgehead atoms. The number of pyridine rings is 1. The zero-order valence-electron chi connectivity index (χ0n) is 11.1. The van der Waals surface area contributed by atoms with Gasteiger partial charge in [-0.05, 0) is 30.7 Å². The SMILES string of the molecule is CCCC(N)CC(=O)Nc1ccc2ncccc2c1. The Labute approximate surface area is 113 Å². The lowest BCUT2D eigenvalue weighted by atomic mass is 10.1. The topological polar surface area (TPSA) is 68.0 Å². The lowest BCUT2D eigenvalue weighted by Crippen LogP contribution is -2.26. The van der Waals surface area contributed by atoms with Crippen LogP contribution in [0.1, 0.15) is 26.2 Å². The molecular weight excluding hydrogens is 238 g/mol. The van der Waals surface area contributed by atoms with Crippen LogP contribution in [0.3, 0.4) is 0 Å². The molecule has 4 nitrogen and oxygen atoms in total. The van der Waals surface area contributed by atoms with Crippen LogP contribution < -0.4 is 11.1 Å². The number of carbonyl (C=O) groups is 1. The van der Waals surface area contributed by atoms with E-state index in [4.69, 9.17) is 5.73 Å². The molecule has 0 fully saturated rings. The zero-order valence-corrected chi connectivity index (χ0v) is 11.1. The van der Waals surface area contributed by atoms with Crippen LogP contribution in [0.2, 0.25) is 0 Å². The first-order valence-electron chi connectivity index (χ1n) is 6.59. The van der Waals surface area contributed by atoms with Crippen molar-refractivity contribution in [1.29, 1.82) is 0 Å². The van der Waals surface area contributed by atoms with E-state index >= 15 is 0 Å². The average molecular weight is 257 g/mol. The number of anilines is 1. The van der Waals surface area contributed by atoms with Crippen LogP contribution in [0.5, 0.6) is 0 Å². The van der Waals surface area contributed by atoms with Crippen molar-refractivity contribution in [3.05, 3.63) is 36.5 Å². The molecular formula is C15H19N3O. The Morgan fingerprint density at radius 2 is 2.26 bits per heavy atom. The fraction of sp³-hybridized carbons (Fsp3) is 0.333. The predicted molar refractivity (Wildman–Crippen MR) is 77.9 cm³/mol. The van der Waals surface area contributed by atoms with Crippen LogP contribution in [0.4, 0.5) is 5.69 Å². The van der Waals surface area contributed by atoms with Gasteiger partial charge in [0, 0.05) is 29.7 Å². The van der Waals surface area contributed by atoms with Crippen molar-refractivity contribution in [3.63, 3.8) is 0 Å². The van der Waals surface area contributed by atoms with E-state index in [1.54, 1.807) is 6.20 Å². The summed E-state index contributed by atoms with van der Waals surface area (Å²) in [5.41, 5.74) is 7.56. The van der Waals surface area contributed by atoms with Crippen LogP contribution in [0, 0.1) is 0 Å². The Balaban J connectivity index is 2.02. The van der Waals surface area contributed by atoms with Crippen LogP contribution in [-0.4, -0.2) is 16.9 Å². The quantitative estimate of drug-likeness (QED) is 0.865. The molecule has 0 aliphatic carbocycles. The van der Waals surface area contributed by atoms with Crippen molar-refractivity contribution >= 4 is 22.5 Å².